The van der Waals surface area contributed by atoms with Crippen LogP contribution in [0.1, 0.15) is 16.7 Å². The third-order valence-electron chi connectivity index (χ3n) is 3.17. The quantitative estimate of drug-likeness (QED) is 0.888. The van der Waals surface area contributed by atoms with Crippen LogP contribution in [0.3, 0.4) is 0 Å². The second-order valence-electron chi connectivity index (χ2n) is 5.09. The summed E-state index contributed by atoms with van der Waals surface area (Å²) in [5.74, 6) is -0.0423. The smallest absolute Gasteiger partial charge is 0.243 e. The van der Waals surface area contributed by atoms with Gasteiger partial charge in [0, 0.05) is 11.4 Å². The van der Waals surface area contributed by atoms with Crippen molar-refractivity contribution < 1.29 is 4.79 Å². The zero-order valence-corrected chi connectivity index (χ0v) is 12.2. The molecule has 0 spiro atoms. The van der Waals surface area contributed by atoms with Gasteiger partial charge in [-0.25, -0.2) is 0 Å². The van der Waals surface area contributed by atoms with E-state index in [1.165, 1.54) is 5.56 Å². The standard InChI is InChI=1S/C17H20N2O/c1-12-5-8-15(9-6-12)18-11-17(20)19-16-10-13(2)4-7-14(16)3/h4-10,18H,11H2,1-3H3,(H,19,20). The molecule has 0 fully saturated rings. The van der Waals surface area contributed by atoms with Gasteiger partial charge in [-0.05, 0) is 50.1 Å². The Morgan fingerprint density at radius 3 is 2.30 bits per heavy atom. The SMILES string of the molecule is Cc1ccc(NCC(=O)Nc2cc(C)ccc2C)cc1. The van der Waals surface area contributed by atoms with Crippen LogP contribution in [0.25, 0.3) is 0 Å². The fraction of sp³-hybridized carbons (Fsp3) is 0.235. The lowest BCUT2D eigenvalue weighted by atomic mass is 10.1. The molecule has 3 nitrogen and oxygen atoms in total. The predicted octanol–water partition coefficient (Wildman–Crippen LogP) is 3.66. The summed E-state index contributed by atoms with van der Waals surface area (Å²) in [6.45, 7) is 6.30. The summed E-state index contributed by atoms with van der Waals surface area (Å²) in [5, 5.41) is 6.05. The molecule has 0 aliphatic heterocycles. The first-order valence-electron chi connectivity index (χ1n) is 6.72. The Hall–Kier alpha value is -2.29. The molecule has 0 saturated heterocycles. The zero-order valence-electron chi connectivity index (χ0n) is 12.2. The monoisotopic (exact) mass is 268 g/mol. The molecule has 104 valence electrons. The molecule has 1 amide bonds. The van der Waals surface area contributed by atoms with Crippen molar-refractivity contribution >= 4 is 17.3 Å². The zero-order chi connectivity index (χ0) is 14.5. The normalized spacial score (nSPS) is 10.2. The van der Waals surface area contributed by atoms with E-state index in [0.717, 1.165) is 22.5 Å². The minimum Gasteiger partial charge on any atom is -0.376 e. The topological polar surface area (TPSA) is 41.1 Å². The summed E-state index contributed by atoms with van der Waals surface area (Å²) in [6, 6.07) is 14.0. The van der Waals surface area contributed by atoms with Gasteiger partial charge in [0.2, 0.25) is 5.91 Å². The molecule has 0 bridgehead atoms. The first kappa shape index (κ1) is 14.1. The molecule has 2 aromatic rings. The molecule has 2 N–H and O–H groups in total. The van der Waals surface area contributed by atoms with Crippen LogP contribution in [0.4, 0.5) is 11.4 Å². The van der Waals surface area contributed by atoms with E-state index in [4.69, 9.17) is 0 Å². The number of carbonyl (C=O) groups is 1. The van der Waals surface area contributed by atoms with Crippen LogP contribution >= 0.6 is 0 Å². The first-order valence-corrected chi connectivity index (χ1v) is 6.72. The molecular weight excluding hydrogens is 248 g/mol. The summed E-state index contributed by atoms with van der Waals surface area (Å²) >= 11 is 0. The third-order valence-corrected chi connectivity index (χ3v) is 3.17. The van der Waals surface area contributed by atoms with Gasteiger partial charge in [-0.3, -0.25) is 4.79 Å². The number of amides is 1. The van der Waals surface area contributed by atoms with Crippen molar-refractivity contribution in [2.75, 3.05) is 17.2 Å². The lowest BCUT2D eigenvalue weighted by Crippen LogP contribution is -2.22. The fourth-order valence-corrected chi connectivity index (χ4v) is 1.92. The van der Waals surface area contributed by atoms with E-state index in [1.54, 1.807) is 0 Å². The molecule has 0 aromatic heterocycles. The average Bonchev–Trinajstić information content (AvgIpc) is 2.42. The largest absolute Gasteiger partial charge is 0.376 e. The van der Waals surface area contributed by atoms with Gasteiger partial charge >= 0.3 is 0 Å². The molecule has 0 radical (unpaired) electrons. The van der Waals surface area contributed by atoms with Gasteiger partial charge in [-0.15, -0.1) is 0 Å². The second kappa shape index (κ2) is 6.24. The van der Waals surface area contributed by atoms with E-state index >= 15 is 0 Å². The highest BCUT2D eigenvalue weighted by atomic mass is 16.1. The summed E-state index contributed by atoms with van der Waals surface area (Å²) in [7, 11) is 0. The van der Waals surface area contributed by atoms with Crippen LogP contribution in [0.5, 0.6) is 0 Å². The van der Waals surface area contributed by atoms with Crippen LogP contribution in [0.2, 0.25) is 0 Å². The molecule has 0 aliphatic carbocycles. The van der Waals surface area contributed by atoms with Crippen molar-refractivity contribution in [3.05, 3.63) is 59.2 Å². The molecular formula is C17H20N2O. The number of carbonyl (C=O) groups excluding carboxylic acids is 1. The number of hydrogen-bond donors (Lipinski definition) is 2. The molecule has 0 aliphatic rings. The van der Waals surface area contributed by atoms with Crippen LogP contribution < -0.4 is 10.6 Å². The van der Waals surface area contributed by atoms with Gasteiger partial charge in [0.05, 0.1) is 6.54 Å². The predicted molar refractivity (Wildman–Crippen MR) is 84.2 cm³/mol. The Morgan fingerprint density at radius 1 is 0.950 bits per heavy atom. The Balaban J connectivity index is 1.92. The maximum Gasteiger partial charge on any atom is 0.243 e. The number of nitrogens with one attached hydrogen (secondary N) is 2. The molecule has 0 unspecified atom stereocenters. The second-order valence-corrected chi connectivity index (χ2v) is 5.09. The Kier molecular flexibility index (Phi) is 4.41. The number of anilines is 2. The van der Waals surface area contributed by atoms with Crippen LogP contribution in [0.15, 0.2) is 42.5 Å². The van der Waals surface area contributed by atoms with Gasteiger partial charge < -0.3 is 10.6 Å². The van der Waals surface area contributed by atoms with Crippen molar-refractivity contribution in [3.8, 4) is 0 Å². The number of hydrogen-bond acceptors (Lipinski definition) is 2. The lowest BCUT2D eigenvalue weighted by Gasteiger charge is -2.10. The molecule has 20 heavy (non-hydrogen) atoms. The minimum absolute atomic E-state index is 0.0423. The average molecular weight is 268 g/mol. The van der Waals surface area contributed by atoms with Gasteiger partial charge in [0.15, 0.2) is 0 Å². The summed E-state index contributed by atoms with van der Waals surface area (Å²) in [5.41, 5.74) is 5.24. The molecule has 2 rings (SSSR count). The third kappa shape index (κ3) is 3.85. The van der Waals surface area contributed by atoms with E-state index in [1.807, 2.05) is 63.2 Å². The van der Waals surface area contributed by atoms with Gasteiger partial charge in [-0.2, -0.15) is 0 Å². The highest BCUT2D eigenvalue weighted by Gasteiger charge is 2.04. The molecule has 0 saturated carbocycles. The molecule has 0 heterocycles. The Morgan fingerprint density at radius 2 is 1.60 bits per heavy atom. The van der Waals surface area contributed by atoms with Gasteiger partial charge in [0.25, 0.3) is 0 Å². The maximum atomic E-state index is 11.9. The number of aryl methyl sites for hydroxylation is 3. The highest BCUT2D eigenvalue weighted by Crippen LogP contribution is 2.16. The van der Waals surface area contributed by atoms with Crippen LogP contribution in [0, 0.1) is 20.8 Å². The summed E-state index contributed by atoms with van der Waals surface area (Å²) in [4.78, 5) is 11.9. The maximum absolute atomic E-state index is 11.9. The summed E-state index contributed by atoms with van der Waals surface area (Å²) in [6.07, 6.45) is 0. The fourth-order valence-electron chi connectivity index (χ4n) is 1.92. The Bertz CT molecular complexity index is 603. The van der Waals surface area contributed by atoms with Crippen molar-refractivity contribution in [1.29, 1.82) is 0 Å². The van der Waals surface area contributed by atoms with Gasteiger partial charge in [-0.1, -0.05) is 29.8 Å². The first-order chi connectivity index (χ1) is 9.54. The van der Waals surface area contributed by atoms with E-state index in [2.05, 4.69) is 10.6 Å². The van der Waals surface area contributed by atoms with E-state index in [0.29, 0.717) is 0 Å². The Labute approximate surface area is 120 Å². The van der Waals surface area contributed by atoms with Crippen molar-refractivity contribution in [2.45, 2.75) is 20.8 Å². The van der Waals surface area contributed by atoms with Crippen LogP contribution in [-0.2, 0) is 4.79 Å². The molecule has 0 atom stereocenters. The summed E-state index contributed by atoms with van der Waals surface area (Å²) < 4.78 is 0. The van der Waals surface area contributed by atoms with E-state index in [-0.39, 0.29) is 12.5 Å². The van der Waals surface area contributed by atoms with Crippen molar-refractivity contribution in [3.63, 3.8) is 0 Å². The van der Waals surface area contributed by atoms with Gasteiger partial charge in [0.1, 0.15) is 0 Å². The molecule has 2 aromatic carbocycles. The lowest BCUT2D eigenvalue weighted by molar-refractivity contribution is -0.114. The number of rotatable bonds is 4. The van der Waals surface area contributed by atoms with Crippen molar-refractivity contribution in [2.24, 2.45) is 0 Å². The van der Waals surface area contributed by atoms with Crippen LogP contribution in [-0.4, -0.2) is 12.5 Å². The van der Waals surface area contributed by atoms with E-state index < -0.39 is 0 Å². The van der Waals surface area contributed by atoms with Crippen molar-refractivity contribution in [1.82, 2.24) is 0 Å². The van der Waals surface area contributed by atoms with E-state index in [9.17, 15) is 4.79 Å². The number of benzene rings is 2. The minimum atomic E-state index is -0.0423. The molecule has 3 heteroatoms. The highest BCUT2D eigenvalue weighted by molar-refractivity contribution is 5.94.